The van der Waals surface area contributed by atoms with Gasteiger partial charge in [-0.15, -0.1) is 0 Å². The molecule has 2 fully saturated rings. The number of benzene rings is 3. The highest BCUT2D eigenvalue weighted by Crippen LogP contribution is 2.35. The molecule has 0 radical (unpaired) electrons. The summed E-state index contributed by atoms with van der Waals surface area (Å²) >= 11 is 0. The van der Waals surface area contributed by atoms with Gasteiger partial charge in [0.2, 0.25) is 5.91 Å². The molecule has 2 aliphatic rings. The first-order chi connectivity index (χ1) is 22.0. The molecule has 4 heterocycles. The highest BCUT2D eigenvalue weighted by molar-refractivity contribution is 6.03. The molecule has 10 nitrogen and oxygen atoms in total. The highest BCUT2D eigenvalue weighted by Gasteiger charge is 2.22. The van der Waals surface area contributed by atoms with E-state index in [1.807, 2.05) is 47.2 Å². The summed E-state index contributed by atoms with van der Waals surface area (Å²) in [6, 6.07) is 16.4. The summed E-state index contributed by atoms with van der Waals surface area (Å²) in [7, 11) is 2.07. The summed E-state index contributed by atoms with van der Waals surface area (Å²) in [6.07, 6.45) is 9.69. The predicted molar refractivity (Wildman–Crippen MR) is 171 cm³/mol. The average Bonchev–Trinajstić information content (AvgIpc) is 3.79. The van der Waals surface area contributed by atoms with Crippen molar-refractivity contribution in [2.75, 3.05) is 37.4 Å². The summed E-state index contributed by atoms with van der Waals surface area (Å²) in [6.45, 7) is 2.63. The standard InChI is InChI=1S/C34H34FN7O3/c1-41-12-3-6-26(41)8-10-33(43)40-30-16-28-29(17-32(30)45-27-11-13-44-20-27)36-21-37-34(28)39-25-7-9-31-23(15-25)18-38-42(31)19-22-4-2-5-24(35)14-22/h2,4-5,7-10,14-18,21,26-27H,3,6,11-13,19-20H2,1H3,(H,40,43)(H,36,37,39)/b10-8+/t26?,27-/m0/s1. The number of amides is 1. The number of likely N-dealkylation sites (tertiary alicyclic amines) is 1. The molecule has 0 saturated carbocycles. The van der Waals surface area contributed by atoms with Crippen molar-refractivity contribution in [1.29, 1.82) is 0 Å². The van der Waals surface area contributed by atoms with Gasteiger partial charge in [0.05, 0.1) is 42.7 Å². The van der Waals surface area contributed by atoms with Crippen molar-refractivity contribution in [2.45, 2.75) is 38.0 Å². The van der Waals surface area contributed by atoms with Gasteiger partial charge in [-0.2, -0.15) is 5.10 Å². The molecule has 2 atom stereocenters. The normalized spacial score (nSPS) is 18.7. The van der Waals surface area contributed by atoms with E-state index >= 15 is 0 Å². The number of halogens is 1. The molecule has 1 unspecified atom stereocenters. The molecule has 3 aromatic carbocycles. The number of ether oxygens (including phenoxy) is 2. The molecule has 0 spiro atoms. The van der Waals surface area contributed by atoms with Gasteiger partial charge in [-0.25, -0.2) is 14.4 Å². The van der Waals surface area contributed by atoms with Crippen LogP contribution in [-0.4, -0.2) is 69.5 Å². The van der Waals surface area contributed by atoms with Gasteiger partial charge in [0.15, 0.2) is 0 Å². The minimum atomic E-state index is -0.269. The molecule has 0 aliphatic carbocycles. The van der Waals surface area contributed by atoms with Gasteiger partial charge >= 0.3 is 0 Å². The maximum atomic E-state index is 13.7. The number of nitrogens with one attached hydrogen (secondary N) is 2. The van der Waals surface area contributed by atoms with Crippen LogP contribution < -0.4 is 15.4 Å². The predicted octanol–water partition coefficient (Wildman–Crippen LogP) is 5.67. The van der Waals surface area contributed by atoms with Crippen molar-refractivity contribution in [3.05, 3.63) is 90.7 Å². The third kappa shape index (κ3) is 6.50. The van der Waals surface area contributed by atoms with E-state index in [4.69, 9.17) is 9.47 Å². The van der Waals surface area contributed by atoms with Crippen LogP contribution in [0.3, 0.4) is 0 Å². The van der Waals surface area contributed by atoms with Gasteiger partial charge in [0.25, 0.3) is 0 Å². The first-order valence-electron chi connectivity index (χ1n) is 15.2. The second-order valence-electron chi connectivity index (χ2n) is 11.6. The minimum Gasteiger partial charge on any atom is -0.486 e. The Kier molecular flexibility index (Phi) is 8.10. The minimum absolute atomic E-state index is 0.103. The SMILES string of the molecule is CN1CCCC1/C=C/C(=O)Nc1cc2c(Nc3ccc4c(cnn4Cc4cccc(F)c4)c3)ncnc2cc1O[C@H]1CCOC1. The third-order valence-corrected chi connectivity index (χ3v) is 8.35. The number of likely N-dealkylation sites (N-methyl/N-ethyl adjacent to an activating group) is 1. The van der Waals surface area contributed by atoms with E-state index in [2.05, 4.69) is 37.6 Å². The lowest BCUT2D eigenvalue weighted by molar-refractivity contribution is -0.112. The van der Waals surface area contributed by atoms with Gasteiger partial charge in [0, 0.05) is 41.1 Å². The van der Waals surface area contributed by atoms with Crippen LogP contribution in [-0.2, 0) is 16.1 Å². The zero-order valence-electron chi connectivity index (χ0n) is 24.9. The molecular weight excluding hydrogens is 573 g/mol. The zero-order valence-corrected chi connectivity index (χ0v) is 24.9. The summed E-state index contributed by atoms with van der Waals surface area (Å²) in [5.41, 5.74) is 3.78. The molecule has 2 N–H and O–H groups in total. The summed E-state index contributed by atoms with van der Waals surface area (Å²) in [5, 5.41) is 12.6. The number of aromatic nitrogens is 4. The van der Waals surface area contributed by atoms with Crippen molar-refractivity contribution < 1.29 is 18.7 Å². The lowest BCUT2D eigenvalue weighted by atomic mass is 10.1. The average molecular weight is 608 g/mol. The molecule has 7 rings (SSSR count). The summed E-state index contributed by atoms with van der Waals surface area (Å²) < 4.78 is 27.3. The van der Waals surface area contributed by atoms with Crippen molar-refractivity contribution in [3.63, 3.8) is 0 Å². The lowest BCUT2D eigenvalue weighted by Gasteiger charge is -2.18. The monoisotopic (exact) mass is 607 g/mol. The van der Waals surface area contributed by atoms with Crippen LogP contribution in [0.4, 0.5) is 21.6 Å². The maximum Gasteiger partial charge on any atom is 0.248 e. The fourth-order valence-electron chi connectivity index (χ4n) is 5.95. The van der Waals surface area contributed by atoms with E-state index in [0.717, 1.165) is 53.3 Å². The Morgan fingerprint density at radius 2 is 2.09 bits per heavy atom. The van der Waals surface area contributed by atoms with E-state index in [-0.39, 0.29) is 23.9 Å². The first-order valence-corrected chi connectivity index (χ1v) is 15.2. The Morgan fingerprint density at radius 1 is 1.16 bits per heavy atom. The van der Waals surface area contributed by atoms with Crippen molar-refractivity contribution in [3.8, 4) is 5.75 Å². The number of carbonyl (C=O) groups excluding carboxylic acids is 1. The molecule has 5 aromatic rings. The van der Waals surface area contributed by atoms with E-state index in [9.17, 15) is 9.18 Å². The Bertz CT molecular complexity index is 1890. The molecular formula is C34H34FN7O3. The van der Waals surface area contributed by atoms with Crippen molar-refractivity contribution >= 4 is 44.9 Å². The third-order valence-electron chi connectivity index (χ3n) is 8.35. The topological polar surface area (TPSA) is 106 Å². The Hall–Kier alpha value is -4.87. The van der Waals surface area contributed by atoms with E-state index in [0.29, 0.717) is 42.5 Å². The van der Waals surface area contributed by atoms with Gasteiger partial charge < -0.3 is 20.1 Å². The van der Waals surface area contributed by atoms with Crippen molar-refractivity contribution in [1.82, 2.24) is 24.6 Å². The summed E-state index contributed by atoms with van der Waals surface area (Å²) in [4.78, 5) is 24.3. The van der Waals surface area contributed by atoms with Gasteiger partial charge in [-0.05, 0) is 68.4 Å². The van der Waals surface area contributed by atoms with Crippen LogP contribution in [0.1, 0.15) is 24.8 Å². The van der Waals surface area contributed by atoms with Crippen LogP contribution in [0, 0.1) is 5.82 Å². The Morgan fingerprint density at radius 3 is 2.91 bits per heavy atom. The van der Waals surface area contributed by atoms with Crippen LogP contribution in [0.15, 0.2) is 79.3 Å². The van der Waals surface area contributed by atoms with Gasteiger partial charge in [0.1, 0.15) is 29.8 Å². The second-order valence-corrected chi connectivity index (χ2v) is 11.6. The quantitative estimate of drug-likeness (QED) is 0.207. The molecule has 11 heteroatoms. The molecule has 2 saturated heterocycles. The van der Waals surface area contributed by atoms with Crippen LogP contribution in [0.25, 0.3) is 21.8 Å². The van der Waals surface area contributed by atoms with E-state index in [1.165, 1.54) is 18.5 Å². The summed E-state index contributed by atoms with van der Waals surface area (Å²) in [5.74, 6) is 0.625. The van der Waals surface area contributed by atoms with Gasteiger partial charge in [-0.1, -0.05) is 18.2 Å². The number of hydrogen-bond donors (Lipinski definition) is 2. The van der Waals surface area contributed by atoms with Crippen LogP contribution in [0.2, 0.25) is 0 Å². The van der Waals surface area contributed by atoms with Gasteiger partial charge in [-0.3, -0.25) is 14.4 Å². The number of nitrogens with zero attached hydrogens (tertiary/aromatic N) is 5. The molecule has 2 aliphatic heterocycles. The number of fused-ring (bicyclic) bond motifs is 2. The van der Waals surface area contributed by atoms with Crippen molar-refractivity contribution in [2.24, 2.45) is 0 Å². The number of rotatable bonds is 9. The fourth-order valence-corrected chi connectivity index (χ4v) is 5.95. The molecule has 2 aromatic heterocycles. The molecule has 1 amide bonds. The smallest absolute Gasteiger partial charge is 0.248 e. The number of anilines is 3. The Labute approximate surface area is 259 Å². The van der Waals surface area contributed by atoms with E-state index < -0.39 is 0 Å². The second kappa shape index (κ2) is 12.6. The van der Waals surface area contributed by atoms with E-state index in [1.54, 1.807) is 18.3 Å². The molecule has 230 valence electrons. The molecule has 0 bridgehead atoms. The molecule has 45 heavy (non-hydrogen) atoms. The Balaban J connectivity index is 1.16. The lowest BCUT2D eigenvalue weighted by Crippen LogP contribution is -2.23. The first kappa shape index (κ1) is 28.9. The van der Waals surface area contributed by atoms with Crippen LogP contribution in [0.5, 0.6) is 5.75 Å². The zero-order chi connectivity index (χ0) is 30.8. The van der Waals surface area contributed by atoms with Crippen LogP contribution >= 0.6 is 0 Å². The fraction of sp³-hybridized carbons (Fsp3) is 0.294. The number of carbonyl (C=O) groups is 1. The maximum absolute atomic E-state index is 13.7. The number of hydrogen-bond acceptors (Lipinski definition) is 8. The largest absolute Gasteiger partial charge is 0.486 e. The highest BCUT2D eigenvalue weighted by atomic mass is 19.1.